The van der Waals surface area contributed by atoms with Crippen molar-refractivity contribution < 1.29 is 103 Å². The Hall–Kier alpha value is -7.30. The largest absolute Gasteiger partial charge is 0.441 e. The molecule has 96 heavy (non-hydrogen) atoms. The molecule has 4 aromatic rings. The van der Waals surface area contributed by atoms with Crippen molar-refractivity contribution in [2.75, 3.05) is 56.8 Å². The highest BCUT2D eigenvalue weighted by molar-refractivity contribution is 7.95. The van der Waals surface area contributed by atoms with Crippen molar-refractivity contribution in [2.45, 2.75) is 157 Å². The first kappa shape index (κ1) is 77.7. The third kappa shape index (κ3) is 20.6. The van der Waals surface area contributed by atoms with Crippen LogP contribution >= 0.6 is 22.7 Å². The number of aliphatic hydroxyl groups is 8. The maximum Gasteiger partial charge on any atom is 0.404 e. The second-order valence-electron chi connectivity index (χ2n) is 22.8. The average Bonchev–Trinajstić information content (AvgIpc) is 1.02. The van der Waals surface area contributed by atoms with Crippen LogP contribution in [0.1, 0.15) is 88.0 Å². The molecule has 0 unspecified atom stereocenters. The summed E-state index contributed by atoms with van der Waals surface area (Å²) in [6.45, 7) is 3.19. The van der Waals surface area contributed by atoms with E-state index in [9.17, 15) is 74.4 Å². The highest BCUT2D eigenvalue weighted by Gasteiger charge is 2.54. The third-order valence-corrected chi connectivity index (χ3v) is 18.3. The van der Waals surface area contributed by atoms with Gasteiger partial charge < -0.3 is 130 Å². The van der Waals surface area contributed by atoms with E-state index in [0.717, 1.165) is 24.7 Å². The number of nitrogens with two attached hydrogens (primary N) is 5. The van der Waals surface area contributed by atoms with Crippen LogP contribution in [0.25, 0.3) is 10.7 Å². The minimum absolute atomic E-state index is 0.00498. The summed E-state index contributed by atoms with van der Waals surface area (Å²) < 4.78 is 28.7. The molecule has 0 aliphatic carbocycles. The number of imidazole rings is 1. The van der Waals surface area contributed by atoms with Gasteiger partial charge in [0.05, 0.1) is 91.4 Å². The lowest BCUT2D eigenvalue weighted by Gasteiger charge is -2.47. The van der Waals surface area contributed by atoms with E-state index in [1.54, 1.807) is 5.38 Å². The number of aromatic amines is 1. The van der Waals surface area contributed by atoms with E-state index in [2.05, 4.69) is 74.3 Å². The molecule has 2 saturated heterocycles. The van der Waals surface area contributed by atoms with Crippen LogP contribution in [0.4, 0.5) is 10.6 Å². The number of H-pyrrole nitrogens is 1. The Morgan fingerprint density at radius 1 is 0.802 bits per heavy atom. The van der Waals surface area contributed by atoms with E-state index in [4.69, 9.17) is 52.4 Å². The molecular weight excluding hydrogens is 1330 g/mol. The number of carbonyl (C=O) groups excluding carboxylic acids is 8. The first-order valence-corrected chi connectivity index (χ1v) is 33.8. The van der Waals surface area contributed by atoms with Gasteiger partial charge in [-0.25, -0.2) is 29.7 Å². The smallest absolute Gasteiger partial charge is 0.404 e. The predicted molar refractivity (Wildman–Crippen MR) is 339 cm³/mol. The van der Waals surface area contributed by atoms with Gasteiger partial charge in [0.2, 0.25) is 29.5 Å². The molecule has 0 saturated carbocycles. The fourth-order valence-electron chi connectivity index (χ4n) is 9.80. The second kappa shape index (κ2) is 35.8. The molecule has 19 atom stereocenters. The zero-order valence-electron chi connectivity index (χ0n) is 52.9. The highest BCUT2D eigenvalue weighted by atomic mass is 32.2. The molecule has 4 aromatic heterocycles. The number of primary amides is 3. The van der Waals surface area contributed by atoms with Gasteiger partial charge in [0.1, 0.15) is 99.6 Å². The van der Waals surface area contributed by atoms with Crippen molar-refractivity contribution in [3.63, 3.8) is 0 Å². The van der Waals surface area contributed by atoms with Crippen molar-refractivity contribution in [1.82, 2.24) is 61.8 Å². The maximum absolute atomic E-state index is 15.2. The van der Waals surface area contributed by atoms with Gasteiger partial charge in [0, 0.05) is 49.8 Å². The molecule has 6 heterocycles. The van der Waals surface area contributed by atoms with Gasteiger partial charge in [0.15, 0.2) is 18.7 Å². The fraction of sp³-hybridized carbons (Fsp3) is 0.618. The summed E-state index contributed by atoms with van der Waals surface area (Å²) in [5.41, 5.74) is 27.8. The summed E-state index contributed by atoms with van der Waals surface area (Å²) in [6, 6.07) is -7.85. The van der Waals surface area contributed by atoms with Gasteiger partial charge in [-0.1, -0.05) is 6.92 Å². The van der Waals surface area contributed by atoms with Gasteiger partial charge in [0.25, 0.3) is 11.8 Å². The molecule has 2 aliphatic rings. The summed E-state index contributed by atoms with van der Waals surface area (Å²) in [4.78, 5) is 131. The molecular formula is C55H84N17O21S3+. The number of amides is 8. The Balaban J connectivity index is 1.26. The average molecular weight is 1420 g/mol. The quantitative estimate of drug-likeness (QED) is 0.0150. The zero-order chi connectivity index (χ0) is 71.0. The van der Waals surface area contributed by atoms with Crippen LogP contribution in [0.2, 0.25) is 0 Å². The van der Waals surface area contributed by atoms with Crippen LogP contribution in [0, 0.1) is 12.8 Å². The van der Waals surface area contributed by atoms with Crippen LogP contribution in [0.5, 0.6) is 0 Å². The van der Waals surface area contributed by atoms with E-state index in [1.807, 2.05) is 0 Å². The predicted octanol–water partition coefficient (Wildman–Crippen LogP) is -7.70. The summed E-state index contributed by atoms with van der Waals surface area (Å²) >= 11 is 2.46. The number of nitrogens with zero attached hydrogens (tertiary/aromatic N) is 5. The van der Waals surface area contributed by atoms with Crippen molar-refractivity contribution in [3.8, 4) is 10.7 Å². The number of aliphatic hydroxyl groups excluding tert-OH is 8. The fourth-order valence-corrected chi connectivity index (χ4v) is 12.2. The van der Waals surface area contributed by atoms with Crippen LogP contribution in [0.3, 0.4) is 0 Å². The molecule has 2 aliphatic heterocycles. The maximum atomic E-state index is 15.2. The Morgan fingerprint density at radius 2 is 1.49 bits per heavy atom. The number of nitrogens with one attached hydrogen (secondary N) is 7. The molecule has 8 amide bonds. The summed E-state index contributed by atoms with van der Waals surface area (Å²) in [6.07, 6.45) is -18.5. The number of aromatic nitrogens is 6. The van der Waals surface area contributed by atoms with Crippen LogP contribution < -0.4 is 60.6 Å². The van der Waals surface area contributed by atoms with Gasteiger partial charge >= 0.3 is 6.09 Å². The highest BCUT2D eigenvalue weighted by Crippen LogP contribution is 2.35. The summed E-state index contributed by atoms with van der Waals surface area (Å²) in [7, 11) is 0.258. The minimum atomic E-state index is -2.20. The number of hydrogen-bond donors (Lipinski definition) is 20. The lowest BCUT2D eigenvalue weighted by molar-refractivity contribution is -0.372. The van der Waals surface area contributed by atoms with E-state index in [1.165, 1.54) is 56.6 Å². The van der Waals surface area contributed by atoms with Crippen LogP contribution in [-0.4, -0.2) is 267 Å². The van der Waals surface area contributed by atoms with Crippen molar-refractivity contribution >= 4 is 86.8 Å². The van der Waals surface area contributed by atoms with Crippen molar-refractivity contribution in [3.05, 3.63) is 56.8 Å². The second-order valence-corrected chi connectivity index (χ2v) is 27.2. The van der Waals surface area contributed by atoms with E-state index < -0.39 is 183 Å². The van der Waals surface area contributed by atoms with Gasteiger partial charge in [-0.05, 0) is 31.7 Å². The number of thiazole rings is 2. The van der Waals surface area contributed by atoms with Crippen molar-refractivity contribution in [1.29, 1.82) is 0 Å². The first-order valence-electron chi connectivity index (χ1n) is 29.8. The zero-order valence-corrected chi connectivity index (χ0v) is 55.3. The lowest BCUT2D eigenvalue weighted by atomic mass is 9.96. The van der Waals surface area contributed by atoms with E-state index >= 15 is 4.79 Å². The molecule has 6 rings (SSSR count). The van der Waals surface area contributed by atoms with E-state index in [-0.39, 0.29) is 59.2 Å². The Bertz CT molecular complexity index is 3280. The molecule has 0 aromatic carbocycles. The minimum Gasteiger partial charge on any atom is -0.441 e. The first-order chi connectivity index (χ1) is 45.3. The summed E-state index contributed by atoms with van der Waals surface area (Å²) in [5.74, 6) is -7.63. The normalized spacial score (nSPS) is 24.0. The number of rotatable bonds is 35. The Labute approximate surface area is 559 Å². The van der Waals surface area contributed by atoms with Gasteiger partial charge in [-0.3, -0.25) is 33.6 Å². The lowest BCUT2D eigenvalue weighted by Crippen LogP contribution is -2.65. The molecule has 0 bridgehead atoms. The SMILES string of the molecule is Cc1c(N)nc([C@H](CC(N)=O)NC[C@H](N)C(N)=O)nc1C(=O)N[C@@H](C(=O)N[C@H](C)[C@@H](O)[C@H](C)C(=O)N[C@@H](C(=O)NCCc1nc(-c2ncc(C(=O)NCCC[S+](C)C)s2)cs1)[C@@H](C)O)[C@@H](O[C@@H]1O[C@@H](CO)[C@@H](O)[C@H](O)[C@@H]1O[C@@H]1O[C@H](CO)[C@@H](O)[C@@H](OC(N)=O)[C@@H]1O)c1cnc[nH]1. The van der Waals surface area contributed by atoms with Crippen LogP contribution in [-0.2, 0) is 65.0 Å². The number of carbonyl (C=O) groups is 8. The number of anilines is 1. The van der Waals surface area contributed by atoms with Gasteiger partial charge in [-0.2, -0.15) is 0 Å². The molecule has 25 N–H and O–H groups in total. The number of ether oxygens (including phenoxy) is 5. The van der Waals surface area contributed by atoms with Crippen LogP contribution in [0.15, 0.2) is 24.1 Å². The Kier molecular flexibility index (Phi) is 29.0. The topological polar surface area (TPSA) is 627 Å². The Morgan fingerprint density at radius 3 is 2.11 bits per heavy atom. The monoisotopic (exact) mass is 1410 g/mol. The standard InChI is InChI=1S/C55H83N17O21S3/c1-20-33(69-46(72-44(20)58)25(12-31(57)76)64-13-24(56)45(59)82)50(86)71-35(41(26-14-61-19-66-26)91-54-43(39(80)37(78)28(16-73)90-54)92-53-40(81)42(93-55(60)88)38(79)29(17-74)89-53)51(87)67-22(3)36(77)21(2)47(83)70-34(23(4)75)49(85)63-10-8-32-68-27(18-94-32)52-65-15-30(95-52)48(84)62-9-7-11-96(5)6/h14-15,18-19,21-25,28-29,34-43,53-54,64,73-75,77-81H,7-13,16-17,56H2,1-6H3,(H13-,57,58,59,60,61,62,63,66,67,69,70,71,72,76,82,83,84,85,86,87,88)/p+1/t21-,22+,23+,24-,25-,28-,29+,34+,35+,36-,37+,38+,39-,40-,41-,42+,43-,53-,54-/m0/s1. The van der Waals surface area contributed by atoms with E-state index in [0.29, 0.717) is 27.1 Å². The molecule has 0 radical (unpaired) electrons. The molecule has 38 nitrogen and oxygen atoms in total. The molecule has 2 fully saturated rings. The number of hydrogen-bond acceptors (Lipinski definition) is 31. The third-order valence-electron chi connectivity index (χ3n) is 15.3. The van der Waals surface area contributed by atoms with Crippen molar-refractivity contribution in [2.24, 2.45) is 28.9 Å². The molecule has 532 valence electrons. The molecule has 41 heteroatoms. The number of nitrogen functional groups attached to an aromatic ring is 1. The van der Waals surface area contributed by atoms with Gasteiger partial charge in [-0.15, -0.1) is 22.7 Å². The summed E-state index contributed by atoms with van der Waals surface area (Å²) in [5, 5.41) is 107. The molecule has 0 spiro atoms.